The van der Waals surface area contributed by atoms with Crippen molar-refractivity contribution in [2.24, 2.45) is 4.99 Å². The molecular formula is C11H15N3O2. The molecule has 0 aromatic rings. The molecule has 0 atom stereocenters. The van der Waals surface area contributed by atoms with Gasteiger partial charge in [-0.05, 0) is 13.0 Å². The molecule has 16 heavy (non-hydrogen) atoms. The van der Waals surface area contributed by atoms with Crippen LogP contribution in [0.4, 0.5) is 0 Å². The molecule has 0 aromatic heterocycles. The molecule has 0 aliphatic carbocycles. The van der Waals surface area contributed by atoms with Gasteiger partial charge in [0.05, 0.1) is 0 Å². The van der Waals surface area contributed by atoms with Gasteiger partial charge in [-0.3, -0.25) is 0 Å². The van der Waals surface area contributed by atoms with Crippen LogP contribution in [0.15, 0.2) is 41.2 Å². The van der Waals surface area contributed by atoms with Gasteiger partial charge in [-0.1, -0.05) is 13.2 Å². The zero-order valence-electron chi connectivity index (χ0n) is 9.37. The minimum absolute atomic E-state index is 0.261. The molecule has 0 amide bonds. The number of hydrogen-bond donors (Lipinski definition) is 3. The summed E-state index contributed by atoms with van der Waals surface area (Å²) in [6.07, 6.45) is 2.86. The summed E-state index contributed by atoms with van der Waals surface area (Å²) >= 11 is 0. The molecule has 0 unspecified atom stereocenters. The van der Waals surface area contributed by atoms with Crippen molar-refractivity contribution in [2.75, 3.05) is 7.05 Å². The van der Waals surface area contributed by atoms with Gasteiger partial charge in [-0.25, -0.2) is 9.79 Å². The Balaban J connectivity index is 4.75. The van der Waals surface area contributed by atoms with E-state index in [9.17, 15) is 4.79 Å². The van der Waals surface area contributed by atoms with Crippen LogP contribution >= 0.6 is 0 Å². The highest BCUT2D eigenvalue weighted by atomic mass is 16.4. The van der Waals surface area contributed by atoms with E-state index in [2.05, 4.69) is 23.5 Å². The van der Waals surface area contributed by atoms with Gasteiger partial charge in [0.25, 0.3) is 0 Å². The van der Waals surface area contributed by atoms with Crippen molar-refractivity contribution in [3.05, 3.63) is 36.2 Å². The standard InChI is InChI=1S/C11H15N3O2/c1-7(6-14-9(3)11(15)16)10(13-4)5-8(2)12/h5-6,12-13H,1,3H2,2,4H3,(H,15,16)/b10-5-,12-8?,14-6+. The third kappa shape index (κ3) is 4.90. The average Bonchev–Trinajstić information content (AvgIpc) is 2.21. The Morgan fingerprint density at radius 1 is 1.50 bits per heavy atom. The van der Waals surface area contributed by atoms with Gasteiger partial charge in [-0.15, -0.1) is 0 Å². The molecule has 0 rings (SSSR count). The Hall–Kier alpha value is -2.17. The van der Waals surface area contributed by atoms with Crippen LogP contribution in [0.2, 0.25) is 0 Å². The summed E-state index contributed by atoms with van der Waals surface area (Å²) in [4.78, 5) is 14.1. The van der Waals surface area contributed by atoms with Crippen LogP contribution in [0.1, 0.15) is 6.92 Å². The molecule has 0 saturated carbocycles. The number of allylic oxidation sites excluding steroid dienone is 2. The first-order valence-corrected chi connectivity index (χ1v) is 4.48. The minimum Gasteiger partial charge on any atom is -0.477 e. The second kappa shape index (κ2) is 6.34. The normalized spacial score (nSPS) is 11.2. The summed E-state index contributed by atoms with van der Waals surface area (Å²) in [5.74, 6) is -1.18. The molecule has 0 saturated heterocycles. The van der Waals surface area contributed by atoms with E-state index in [-0.39, 0.29) is 5.70 Å². The summed E-state index contributed by atoms with van der Waals surface area (Å²) in [5.41, 5.74) is 1.19. The SMILES string of the molecule is C=C(/N=C/C(=C)/C(=C/C(C)=N)NC)C(=O)O. The fourth-order valence-electron chi connectivity index (χ4n) is 0.823. The van der Waals surface area contributed by atoms with Gasteiger partial charge in [0.1, 0.15) is 5.70 Å². The van der Waals surface area contributed by atoms with E-state index in [0.717, 1.165) is 0 Å². The summed E-state index contributed by atoms with van der Waals surface area (Å²) in [7, 11) is 1.68. The Morgan fingerprint density at radius 3 is 2.44 bits per heavy atom. The van der Waals surface area contributed by atoms with Crippen LogP contribution in [0.5, 0.6) is 0 Å². The molecule has 0 bridgehead atoms. The third-order valence-corrected chi connectivity index (χ3v) is 1.60. The molecule has 3 N–H and O–H groups in total. The number of nitrogens with one attached hydrogen (secondary N) is 2. The van der Waals surface area contributed by atoms with Crippen LogP contribution in [0.3, 0.4) is 0 Å². The number of hydrogen-bond acceptors (Lipinski definition) is 4. The molecule has 0 aliphatic rings. The number of aliphatic imine (C=N–C) groups is 1. The van der Waals surface area contributed by atoms with Gasteiger partial charge >= 0.3 is 5.97 Å². The summed E-state index contributed by atoms with van der Waals surface area (Å²) < 4.78 is 0. The molecular weight excluding hydrogens is 206 g/mol. The summed E-state index contributed by atoms with van der Waals surface area (Å²) in [6, 6.07) is 0. The lowest BCUT2D eigenvalue weighted by Gasteiger charge is -2.05. The number of likely N-dealkylation sites (N-methyl/N-ethyl adjacent to an activating group) is 1. The topological polar surface area (TPSA) is 85.5 Å². The number of carboxylic acids is 1. The number of nitrogens with zero attached hydrogens (tertiary/aromatic N) is 1. The Kier molecular flexibility index (Phi) is 5.48. The highest BCUT2D eigenvalue weighted by Gasteiger charge is 2.01. The second-order valence-electron chi connectivity index (χ2n) is 3.03. The van der Waals surface area contributed by atoms with Crippen molar-refractivity contribution < 1.29 is 9.90 Å². The maximum Gasteiger partial charge on any atom is 0.353 e. The van der Waals surface area contributed by atoms with Gasteiger partial charge in [0.15, 0.2) is 0 Å². The summed E-state index contributed by atoms with van der Waals surface area (Å²) in [6.45, 7) is 8.57. The van der Waals surface area contributed by atoms with Crippen LogP contribution in [-0.4, -0.2) is 30.0 Å². The Bertz CT molecular complexity index is 392. The molecule has 0 aromatic carbocycles. The number of carboxylic acid groups (broad SMARTS) is 1. The van der Waals surface area contributed by atoms with E-state index in [0.29, 0.717) is 17.0 Å². The molecule has 86 valence electrons. The highest BCUT2D eigenvalue weighted by Crippen LogP contribution is 2.02. The minimum atomic E-state index is -1.18. The van der Waals surface area contributed by atoms with Crippen molar-refractivity contribution in [3.8, 4) is 0 Å². The quantitative estimate of drug-likeness (QED) is 0.359. The highest BCUT2D eigenvalue weighted by molar-refractivity contribution is 5.95. The van der Waals surface area contributed by atoms with E-state index in [1.165, 1.54) is 6.21 Å². The van der Waals surface area contributed by atoms with Crippen molar-refractivity contribution in [1.82, 2.24) is 5.32 Å². The maximum atomic E-state index is 10.4. The molecule has 0 heterocycles. The predicted molar refractivity (Wildman–Crippen MR) is 65.0 cm³/mol. The zero-order valence-corrected chi connectivity index (χ0v) is 9.37. The van der Waals surface area contributed by atoms with E-state index >= 15 is 0 Å². The van der Waals surface area contributed by atoms with Crippen molar-refractivity contribution >= 4 is 17.9 Å². The van der Waals surface area contributed by atoms with Gasteiger partial charge in [0.2, 0.25) is 0 Å². The van der Waals surface area contributed by atoms with E-state index in [4.69, 9.17) is 10.5 Å². The lowest BCUT2D eigenvalue weighted by atomic mass is 10.2. The van der Waals surface area contributed by atoms with Crippen molar-refractivity contribution in [1.29, 1.82) is 5.41 Å². The lowest BCUT2D eigenvalue weighted by Crippen LogP contribution is -2.10. The fourth-order valence-corrected chi connectivity index (χ4v) is 0.823. The first kappa shape index (κ1) is 13.8. The second-order valence-corrected chi connectivity index (χ2v) is 3.03. The molecule has 5 nitrogen and oxygen atoms in total. The van der Waals surface area contributed by atoms with Gasteiger partial charge < -0.3 is 15.8 Å². The van der Waals surface area contributed by atoms with E-state index in [1.54, 1.807) is 20.0 Å². The fraction of sp³-hybridized carbons (Fsp3) is 0.182. The van der Waals surface area contributed by atoms with Crippen molar-refractivity contribution in [2.45, 2.75) is 6.92 Å². The van der Waals surface area contributed by atoms with Gasteiger partial charge in [-0.2, -0.15) is 0 Å². The van der Waals surface area contributed by atoms with E-state index in [1.807, 2.05) is 0 Å². The first-order valence-electron chi connectivity index (χ1n) is 4.48. The lowest BCUT2D eigenvalue weighted by molar-refractivity contribution is -0.132. The van der Waals surface area contributed by atoms with Crippen LogP contribution < -0.4 is 5.32 Å². The first-order chi connectivity index (χ1) is 7.38. The number of carbonyl (C=O) groups is 1. The monoisotopic (exact) mass is 221 g/mol. The van der Waals surface area contributed by atoms with Crippen LogP contribution in [0.25, 0.3) is 0 Å². The van der Waals surface area contributed by atoms with E-state index < -0.39 is 5.97 Å². The largest absolute Gasteiger partial charge is 0.477 e. The number of aliphatic carboxylic acids is 1. The van der Waals surface area contributed by atoms with Crippen LogP contribution in [-0.2, 0) is 4.79 Å². The summed E-state index contributed by atoms with van der Waals surface area (Å²) in [5, 5.41) is 18.7. The smallest absolute Gasteiger partial charge is 0.353 e. The van der Waals surface area contributed by atoms with Gasteiger partial charge in [0, 0.05) is 30.2 Å². The maximum absolute atomic E-state index is 10.4. The predicted octanol–water partition coefficient (Wildman–Crippen LogP) is 1.35. The Labute approximate surface area is 94.4 Å². The molecule has 0 aliphatic heterocycles. The number of rotatable bonds is 6. The Morgan fingerprint density at radius 2 is 2.06 bits per heavy atom. The molecule has 0 spiro atoms. The van der Waals surface area contributed by atoms with Crippen molar-refractivity contribution in [3.63, 3.8) is 0 Å². The molecule has 5 heteroatoms. The zero-order chi connectivity index (χ0) is 12.7. The molecule has 0 fully saturated rings. The van der Waals surface area contributed by atoms with Crippen LogP contribution in [0, 0.1) is 5.41 Å². The molecule has 0 radical (unpaired) electrons. The average molecular weight is 221 g/mol. The third-order valence-electron chi connectivity index (χ3n) is 1.60.